The molecule has 2 N–H and O–H groups in total. The average molecular weight is 279 g/mol. The van der Waals surface area contributed by atoms with Gasteiger partial charge in [0.05, 0.1) is 14.2 Å². The third-order valence-electron chi connectivity index (χ3n) is 2.80. The summed E-state index contributed by atoms with van der Waals surface area (Å²) in [6.45, 7) is 0. The first kappa shape index (κ1) is 13.5. The minimum atomic E-state index is 0.472. The van der Waals surface area contributed by atoms with Gasteiger partial charge in [-0.05, 0) is 11.6 Å². The summed E-state index contributed by atoms with van der Waals surface area (Å²) in [5, 5.41) is 0.472. The van der Waals surface area contributed by atoms with E-state index in [-0.39, 0.29) is 0 Å². The Labute approximate surface area is 117 Å². The molecule has 0 amide bonds. The quantitative estimate of drug-likeness (QED) is 0.690. The molecule has 0 atom stereocenters. The zero-order chi connectivity index (χ0) is 13.8. The van der Waals surface area contributed by atoms with Gasteiger partial charge in [-0.15, -0.1) is 0 Å². The average Bonchev–Trinajstić information content (AvgIpc) is 2.42. The van der Waals surface area contributed by atoms with E-state index in [4.69, 9.17) is 26.8 Å². The predicted octanol–water partition coefficient (Wildman–Crippen LogP) is 2.93. The maximum absolute atomic E-state index is 5.80. The molecule has 0 aliphatic rings. The Morgan fingerprint density at radius 3 is 2.26 bits per heavy atom. The summed E-state index contributed by atoms with van der Waals surface area (Å²) in [6, 6.07) is 7.24. The van der Waals surface area contributed by atoms with Crippen LogP contribution in [0, 0.1) is 0 Å². The third-order valence-corrected chi connectivity index (χ3v) is 3.02. The fourth-order valence-corrected chi connectivity index (χ4v) is 2.01. The minimum Gasteiger partial charge on any atom is -0.496 e. The van der Waals surface area contributed by atoms with Crippen LogP contribution in [0.1, 0.15) is 11.1 Å². The molecule has 0 radical (unpaired) electrons. The van der Waals surface area contributed by atoms with Crippen LogP contribution < -0.4 is 15.2 Å². The van der Waals surface area contributed by atoms with Crippen LogP contribution in [0.5, 0.6) is 11.5 Å². The van der Waals surface area contributed by atoms with E-state index in [1.807, 2.05) is 6.07 Å². The van der Waals surface area contributed by atoms with Gasteiger partial charge >= 0.3 is 0 Å². The van der Waals surface area contributed by atoms with E-state index >= 15 is 0 Å². The lowest BCUT2D eigenvalue weighted by molar-refractivity contribution is 0.387. The molecule has 19 heavy (non-hydrogen) atoms. The van der Waals surface area contributed by atoms with Crippen LogP contribution >= 0.6 is 11.6 Å². The van der Waals surface area contributed by atoms with Crippen molar-refractivity contribution < 1.29 is 9.47 Å². The number of nitrogens with zero attached hydrogens (tertiary/aromatic N) is 1. The van der Waals surface area contributed by atoms with E-state index in [9.17, 15) is 0 Å². The first-order chi connectivity index (χ1) is 9.13. The smallest absolute Gasteiger partial charge is 0.129 e. The molecule has 100 valence electrons. The zero-order valence-electron chi connectivity index (χ0n) is 10.8. The minimum absolute atomic E-state index is 0.472. The molecular weight excluding hydrogens is 264 g/mol. The Morgan fingerprint density at radius 1 is 1.16 bits per heavy atom. The van der Waals surface area contributed by atoms with Crippen LogP contribution in [0.25, 0.3) is 0 Å². The molecule has 0 spiro atoms. The lowest BCUT2D eigenvalue weighted by atomic mass is 10.0. The Hall–Kier alpha value is -1.94. The molecule has 4 nitrogen and oxygen atoms in total. The molecule has 0 unspecified atom stereocenters. The van der Waals surface area contributed by atoms with Crippen molar-refractivity contribution in [3.8, 4) is 11.5 Å². The number of ether oxygens (including phenoxy) is 2. The Balaban J connectivity index is 2.40. The predicted molar refractivity (Wildman–Crippen MR) is 76.0 cm³/mol. The molecule has 1 aromatic heterocycles. The first-order valence-electron chi connectivity index (χ1n) is 5.75. The summed E-state index contributed by atoms with van der Waals surface area (Å²) in [6.07, 6.45) is 2.37. The lowest BCUT2D eigenvalue weighted by Gasteiger charge is -2.14. The van der Waals surface area contributed by atoms with E-state index in [2.05, 4.69) is 4.98 Å². The molecule has 0 saturated carbocycles. The summed E-state index contributed by atoms with van der Waals surface area (Å²) in [4.78, 5) is 4.06. The Bertz CT molecular complexity index is 545. The molecule has 2 rings (SSSR count). The summed E-state index contributed by atoms with van der Waals surface area (Å²) >= 11 is 5.78. The van der Waals surface area contributed by atoms with Crippen molar-refractivity contribution in [1.29, 1.82) is 0 Å². The second-order valence-corrected chi connectivity index (χ2v) is 4.46. The maximum Gasteiger partial charge on any atom is 0.129 e. The van der Waals surface area contributed by atoms with Crippen molar-refractivity contribution in [3.05, 3.63) is 46.7 Å². The van der Waals surface area contributed by atoms with Crippen molar-refractivity contribution >= 4 is 17.3 Å². The summed E-state index contributed by atoms with van der Waals surface area (Å²) in [5.41, 5.74) is 8.36. The highest BCUT2D eigenvalue weighted by molar-refractivity contribution is 6.29. The lowest BCUT2D eigenvalue weighted by Crippen LogP contribution is -2.00. The number of hydrogen-bond acceptors (Lipinski definition) is 4. The van der Waals surface area contributed by atoms with Gasteiger partial charge in [0.25, 0.3) is 0 Å². The van der Waals surface area contributed by atoms with Crippen LogP contribution in [-0.4, -0.2) is 19.2 Å². The number of halogens is 1. The molecule has 1 aromatic carbocycles. The number of rotatable bonds is 4. The highest BCUT2D eigenvalue weighted by atomic mass is 35.5. The fourth-order valence-electron chi connectivity index (χ4n) is 1.89. The molecule has 0 saturated heterocycles. The Morgan fingerprint density at radius 2 is 1.79 bits per heavy atom. The molecular formula is C14H15ClN2O2. The number of nitrogen functional groups attached to an aromatic ring is 1. The number of nitrogens with two attached hydrogens (primary N) is 1. The van der Waals surface area contributed by atoms with Gasteiger partial charge in [-0.2, -0.15) is 0 Å². The van der Waals surface area contributed by atoms with E-state index in [1.165, 1.54) is 0 Å². The van der Waals surface area contributed by atoms with Gasteiger partial charge in [0, 0.05) is 36.0 Å². The van der Waals surface area contributed by atoms with Crippen LogP contribution in [-0.2, 0) is 6.42 Å². The van der Waals surface area contributed by atoms with Crippen LogP contribution in [0.4, 0.5) is 5.69 Å². The van der Waals surface area contributed by atoms with Crippen molar-refractivity contribution in [2.24, 2.45) is 0 Å². The summed E-state index contributed by atoms with van der Waals surface area (Å²) < 4.78 is 10.7. The number of hydrogen-bond donors (Lipinski definition) is 1. The molecule has 0 fully saturated rings. The van der Waals surface area contributed by atoms with Crippen molar-refractivity contribution in [1.82, 2.24) is 4.98 Å². The zero-order valence-corrected chi connectivity index (χ0v) is 11.6. The molecule has 2 aromatic rings. The van der Waals surface area contributed by atoms with Crippen LogP contribution in [0.2, 0.25) is 5.15 Å². The van der Waals surface area contributed by atoms with Crippen molar-refractivity contribution in [2.45, 2.75) is 6.42 Å². The highest BCUT2D eigenvalue weighted by Crippen LogP contribution is 2.33. The number of methoxy groups -OCH3 is 2. The van der Waals surface area contributed by atoms with Crippen LogP contribution in [0.15, 0.2) is 30.5 Å². The number of anilines is 1. The topological polar surface area (TPSA) is 57.4 Å². The second kappa shape index (κ2) is 5.80. The second-order valence-electron chi connectivity index (χ2n) is 4.07. The normalized spacial score (nSPS) is 10.3. The van der Waals surface area contributed by atoms with E-state index in [1.54, 1.807) is 38.6 Å². The highest BCUT2D eigenvalue weighted by Gasteiger charge is 2.12. The first-order valence-corrected chi connectivity index (χ1v) is 6.12. The molecule has 0 aliphatic carbocycles. The van der Waals surface area contributed by atoms with E-state index in [0.29, 0.717) is 28.8 Å². The molecule has 5 heteroatoms. The summed E-state index contributed by atoms with van der Waals surface area (Å²) in [7, 11) is 3.22. The monoisotopic (exact) mass is 278 g/mol. The van der Waals surface area contributed by atoms with Crippen LogP contribution in [0.3, 0.4) is 0 Å². The fraction of sp³-hybridized carbons (Fsp3) is 0.214. The molecule has 0 aliphatic heterocycles. The van der Waals surface area contributed by atoms with Gasteiger partial charge in [-0.3, -0.25) is 0 Å². The molecule has 0 bridgehead atoms. The SMILES string of the molecule is COc1cc(N)cc(OC)c1Cc1ccc(Cl)nc1. The third kappa shape index (κ3) is 3.09. The maximum atomic E-state index is 5.80. The van der Waals surface area contributed by atoms with Gasteiger partial charge in [-0.25, -0.2) is 4.98 Å². The molecule has 1 heterocycles. The van der Waals surface area contributed by atoms with Gasteiger partial charge in [-0.1, -0.05) is 17.7 Å². The van der Waals surface area contributed by atoms with E-state index < -0.39 is 0 Å². The van der Waals surface area contributed by atoms with Crippen molar-refractivity contribution in [2.75, 3.05) is 20.0 Å². The van der Waals surface area contributed by atoms with Gasteiger partial charge in [0.1, 0.15) is 16.7 Å². The number of pyridine rings is 1. The standard InChI is InChI=1S/C14H15ClN2O2/c1-18-12-6-10(16)7-13(19-2)11(12)5-9-3-4-14(15)17-8-9/h3-4,6-8H,5,16H2,1-2H3. The van der Waals surface area contributed by atoms with Gasteiger partial charge in [0.15, 0.2) is 0 Å². The number of aromatic nitrogens is 1. The summed E-state index contributed by atoms with van der Waals surface area (Å²) in [5.74, 6) is 1.40. The Kier molecular flexibility index (Phi) is 4.12. The largest absolute Gasteiger partial charge is 0.496 e. The van der Waals surface area contributed by atoms with Crippen molar-refractivity contribution in [3.63, 3.8) is 0 Å². The van der Waals surface area contributed by atoms with E-state index in [0.717, 1.165) is 11.1 Å². The van der Waals surface area contributed by atoms with Gasteiger partial charge in [0.2, 0.25) is 0 Å². The van der Waals surface area contributed by atoms with Gasteiger partial charge < -0.3 is 15.2 Å². The number of benzene rings is 1.